The van der Waals surface area contributed by atoms with E-state index in [0.29, 0.717) is 40.7 Å². The Kier molecular flexibility index (Phi) is 9.77. The normalized spacial score (nSPS) is 11.8. The van der Waals surface area contributed by atoms with Crippen molar-refractivity contribution in [2.24, 2.45) is 0 Å². The van der Waals surface area contributed by atoms with Gasteiger partial charge in [0.15, 0.2) is 5.75 Å². The average Bonchev–Trinajstić information content (AvgIpc) is 2.97. The lowest BCUT2D eigenvalue weighted by atomic mass is 9.85. The number of pyridine rings is 2. The van der Waals surface area contributed by atoms with Crippen molar-refractivity contribution >= 4 is 39.9 Å². The van der Waals surface area contributed by atoms with E-state index in [2.05, 4.69) is 25.3 Å². The zero-order chi connectivity index (χ0) is 31.1. The molecule has 2 heterocycles. The molecular weight excluding hydrogens is 566 g/mol. The third-order valence-corrected chi connectivity index (χ3v) is 6.98. The molecule has 4 aromatic rings. The standard InChI is InChI=1S/C32H35N5O5S/c1-20-26(30(38)35-22-10-12-25(13-11-22)42-19-23-9-7-8-14-33-23)17-24(18-34-20)36-31(39)27-15-21(32(2,3)4)16-28(29(27)41-5)37-43(6)40/h7-18,37H,19H2,1-6H3,(H,35,38)(H,36,39). The van der Waals surface area contributed by atoms with Crippen molar-refractivity contribution in [2.45, 2.75) is 39.7 Å². The molecule has 2 aromatic carbocycles. The Morgan fingerprint density at radius 2 is 1.60 bits per heavy atom. The number of anilines is 3. The summed E-state index contributed by atoms with van der Waals surface area (Å²) in [5, 5.41) is 5.69. The van der Waals surface area contributed by atoms with Gasteiger partial charge in [0.1, 0.15) is 23.3 Å². The second kappa shape index (κ2) is 13.5. The SMILES string of the molecule is COc1c(NS(C)=O)cc(C(C)(C)C)cc1C(=O)Nc1cnc(C)c(C(=O)Nc2ccc(OCc3ccccn3)cc2)c1. The van der Waals surface area contributed by atoms with E-state index in [0.717, 1.165) is 11.3 Å². The summed E-state index contributed by atoms with van der Waals surface area (Å²) in [6.45, 7) is 8.09. The Balaban J connectivity index is 1.50. The van der Waals surface area contributed by atoms with Crippen LogP contribution in [0, 0.1) is 6.92 Å². The number of rotatable bonds is 10. The molecule has 43 heavy (non-hydrogen) atoms. The lowest BCUT2D eigenvalue weighted by molar-refractivity contribution is 0.101. The van der Waals surface area contributed by atoms with Crippen LogP contribution in [0.15, 0.2) is 73.1 Å². The van der Waals surface area contributed by atoms with E-state index >= 15 is 0 Å². The number of carbonyl (C=O) groups is 2. The first-order chi connectivity index (χ1) is 20.4. The highest BCUT2D eigenvalue weighted by Gasteiger charge is 2.24. The summed E-state index contributed by atoms with van der Waals surface area (Å²) < 4.78 is 26.1. The van der Waals surface area contributed by atoms with Crippen LogP contribution in [0.1, 0.15) is 58.4 Å². The summed E-state index contributed by atoms with van der Waals surface area (Å²) in [7, 11) is 0.0588. The molecule has 2 amide bonds. The van der Waals surface area contributed by atoms with Gasteiger partial charge in [-0.2, -0.15) is 0 Å². The van der Waals surface area contributed by atoms with Gasteiger partial charge in [0, 0.05) is 18.1 Å². The summed E-state index contributed by atoms with van der Waals surface area (Å²) in [5.41, 5.74) is 3.74. The molecule has 0 saturated heterocycles. The lowest BCUT2D eigenvalue weighted by Crippen LogP contribution is -2.19. The number of aromatic nitrogens is 2. The van der Waals surface area contributed by atoms with Gasteiger partial charge in [-0.05, 0) is 72.5 Å². The molecule has 3 N–H and O–H groups in total. The van der Waals surface area contributed by atoms with Crippen LogP contribution in [0.3, 0.4) is 0 Å². The number of methoxy groups -OCH3 is 1. The van der Waals surface area contributed by atoms with Crippen LogP contribution in [-0.2, 0) is 23.0 Å². The van der Waals surface area contributed by atoms with E-state index in [1.54, 1.807) is 49.5 Å². The van der Waals surface area contributed by atoms with Gasteiger partial charge >= 0.3 is 0 Å². The number of nitrogens with zero attached hydrogens (tertiary/aromatic N) is 2. The molecule has 0 fully saturated rings. The van der Waals surface area contributed by atoms with Crippen LogP contribution in [0.25, 0.3) is 0 Å². The van der Waals surface area contributed by atoms with Crippen molar-refractivity contribution in [2.75, 3.05) is 28.7 Å². The molecule has 1 atom stereocenters. The minimum absolute atomic E-state index is 0.250. The molecular formula is C32H35N5O5S. The fraction of sp³-hybridized carbons (Fsp3) is 0.250. The summed E-state index contributed by atoms with van der Waals surface area (Å²) in [5.74, 6) is 0.0468. The zero-order valence-corrected chi connectivity index (χ0v) is 25.8. The second-order valence-corrected chi connectivity index (χ2v) is 11.9. The first kappa shape index (κ1) is 31.2. The Morgan fingerprint density at radius 1 is 0.907 bits per heavy atom. The largest absolute Gasteiger partial charge is 0.494 e. The molecule has 0 radical (unpaired) electrons. The highest BCUT2D eigenvalue weighted by molar-refractivity contribution is 7.85. The molecule has 4 rings (SSSR count). The van der Waals surface area contributed by atoms with Gasteiger partial charge in [-0.25, -0.2) is 4.21 Å². The molecule has 0 aliphatic carbocycles. The van der Waals surface area contributed by atoms with Crippen molar-refractivity contribution < 1.29 is 23.3 Å². The number of amides is 2. The number of nitrogens with one attached hydrogen (secondary N) is 3. The maximum atomic E-state index is 13.5. The van der Waals surface area contributed by atoms with Crippen LogP contribution in [0.5, 0.6) is 11.5 Å². The first-order valence-corrected chi connectivity index (χ1v) is 15.0. The van der Waals surface area contributed by atoms with E-state index in [1.807, 2.05) is 45.0 Å². The molecule has 11 heteroatoms. The molecule has 0 saturated carbocycles. The maximum Gasteiger partial charge on any atom is 0.259 e. The number of benzene rings is 2. The molecule has 0 aliphatic heterocycles. The lowest BCUT2D eigenvalue weighted by Gasteiger charge is -2.23. The summed E-state index contributed by atoms with van der Waals surface area (Å²) in [6, 6.07) is 17.8. The quantitative estimate of drug-likeness (QED) is 0.207. The van der Waals surface area contributed by atoms with Gasteiger partial charge in [0.2, 0.25) is 0 Å². The third-order valence-electron chi connectivity index (χ3n) is 6.47. The minimum atomic E-state index is -1.39. The highest BCUT2D eigenvalue weighted by atomic mass is 32.2. The molecule has 224 valence electrons. The summed E-state index contributed by atoms with van der Waals surface area (Å²) in [6.07, 6.45) is 4.69. The topological polar surface area (TPSA) is 132 Å². The molecule has 0 bridgehead atoms. The zero-order valence-electron chi connectivity index (χ0n) is 25.0. The van der Waals surface area contributed by atoms with E-state index in [1.165, 1.54) is 19.6 Å². The Morgan fingerprint density at radius 3 is 2.23 bits per heavy atom. The van der Waals surface area contributed by atoms with Crippen molar-refractivity contribution in [1.29, 1.82) is 0 Å². The number of aryl methyl sites for hydroxylation is 1. The van der Waals surface area contributed by atoms with E-state index in [4.69, 9.17) is 9.47 Å². The average molecular weight is 602 g/mol. The molecule has 2 aromatic heterocycles. The van der Waals surface area contributed by atoms with Crippen LogP contribution in [-0.4, -0.2) is 39.4 Å². The fourth-order valence-electron chi connectivity index (χ4n) is 4.18. The molecule has 10 nitrogen and oxygen atoms in total. The van der Waals surface area contributed by atoms with Crippen molar-refractivity contribution in [1.82, 2.24) is 9.97 Å². The number of carbonyl (C=O) groups excluding carboxylic acids is 2. The molecule has 0 spiro atoms. The van der Waals surface area contributed by atoms with Crippen molar-refractivity contribution in [3.8, 4) is 11.5 Å². The highest BCUT2D eigenvalue weighted by Crippen LogP contribution is 2.36. The molecule has 0 aliphatic rings. The smallest absolute Gasteiger partial charge is 0.259 e. The number of hydrogen-bond acceptors (Lipinski definition) is 7. The van der Waals surface area contributed by atoms with E-state index in [9.17, 15) is 13.8 Å². The Hall–Kier alpha value is -4.77. The summed E-state index contributed by atoms with van der Waals surface area (Å²) >= 11 is 0. The fourth-order valence-corrected chi connectivity index (χ4v) is 4.65. The number of hydrogen-bond donors (Lipinski definition) is 3. The van der Waals surface area contributed by atoms with Crippen LogP contribution in [0.4, 0.5) is 17.1 Å². The third kappa shape index (κ3) is 8.16. The first-order valence-electron chi connectivity index (χ1n) is 13.5. The Bertz CT molecular complexity index is 1640. The van der Waals surface area contributed by atoms with Gasteiger partial charge in [0.25, 0.3) is 11.8 Å². The van der Waals surface area contributed by atoms with Crippen molar-refractivity contribution in [3.63, 3.8) is 0 Å². The van der Waals surface area contributed by atoms with Gasteiger partial charge in [-0.15, -0.1) is 0 Å². The van der Waals surface area contributed by atoms with Gasteiger partial charge < -0.3 is 24.8 Å². The van der Waals surface area contributed by atoms with Crippen LogP contribution in [0.2, 0.25) is 0 Å². The predicted molar refractivity (Wildman–Crippen MR) is 169 cm³/mol. The van der Waals surface area contributed by atoms with Gasteiger partial charge in [-0.1, -0.05) is 26.8 Å². The monoisotopic (exact) mass is 601 g/mol. The Labute approximate surface area is 253 Å². The maximum absolute atomic E-state index is 13.5. The van der Waals surface area contributed by atoms with Crippen LogP contribution >= 0.6 is 0 Å². The number of ether oxygens (including phenoxy) is 2. The molecule has 1 unspecified atom stereocenters. The summed E-state index contributed by atoms with van der Waals surface area (Å²) in [4.78, 5) is 35.2. The van der Waals surface area contributed by atoms with Gasteiger partial charge in [0.05, 0.1) is 47.2 Å². The minimum Gasteiger partial charge on any atom is -0.494 e. The second-order valence-electron chi connectivity index (χ2n) is 10.8. The van der Waals surface area contributed by atoms with E-state index < -0.39 is 16.9 Å². The predicted octanol–water partition coefficient (Wildman–Crippen LogP) is 5.88. The van der Waals surface area contributed by atoms with Crippen molar-refractivity contribution in [3.05, 3.63) is 101 Å². The van der Waals surface area contributed by atoms with Gasteiger partial charge in [-0.3, -0.25) is 19.6 Å². The van der Waals surface area contributed by atoms with E-state index in [-0.39, 0.29) is 22.6 Å². The van der Waals surface area contributed by atoms with Crippen LogP contribution < -0.4 is 24.8 Å².